The highest BCUT2D eigenvalue weighted by Gasteiger charge is 2.54. The lowest BCUT2D eigenvalue weighted by molar-refractivity contribution is -0.168. The lowest BCUT2D eigenvalue weighted by Gasteiger charge is -2.60. The van der Waals surface area contributed by atoms with Crippen LogP contribution in [-0.4, -0.2) is 42.8 Å². The monoisotopic (exact) mass is 258 g/mol. The molecule has 4 atom stereocenters. The van der Waals surface area contributed by atoms with Crippen molar-refractivity contribution in [3.63, 3.8) is 0 Å². The molecular weight excluding hydrogens is 236 g/mol. The van der Waals surface area contributed by atoms with Crippen molar-refractivity contribution in [2.75, 3.05) is 19.7 Å². The molecule has 19 heavy (non-hydrogen) atoms. The molecule has 0 bridgehead atoms. The summed E-state index contributed by atoms with van der Waals surface area (Å²) in [5.74, 6) is 1.31. The van der Waals surface area contributed by atoms with Gasteiger partial charge in [-0.25, -0.2) is 0 Å². The first-order valence-electron chi connectivity index (χ1n) is 7.51. The number of nitrogens with zero attached hydrogens (tertiary/aromatic N) is 1. The molecule has 1 aromatic rings. The Labute approximate surface area is 114 Å². The first-order chi connectivity index (χ1) is 9.34. The van der Waals surface area contributed by atoms with E-state index < -0.39 is 0 Å². The Balaban J connectivity index is 1.39. The lowest BCUT2D eigenvalue weighted by Crippen LogP contribution is -2.74. The first-order valence-corrected chi connectivity index (χ1v) is 7.51. The van der Waals surface area contributed by atoms with Gasteiger partial charge in [-0.1, -0.05) is 30.3 Å². The number of fused-ring (bicyclic) bond motifs is 1. The minimum absolute atomic E-state index is 0.335. The molecule has 1 aliphatic carbocycles. The largest absolute Gasteiger partial charge is 0.376 e. The predicted molar refractivity (Wildman–Crippen MR) is 75.0 cm³/mol. The van der Waals surface area contributed by atoms with Gasteiger partial charge in [-0.15, -0.1) is 0 Å². The zero-order valence-corrected chi connectivity index (χ0v) is 11.2. The molecular formula is C16H22N2O. The molecule has 2 N–H and O–H groups in total. The number of hydrogen-bond acceptors (Lipinski definition) is 3. The van der Waals surface area contributed by atoms with Gasteiger partial charge in [0, 0.05) is 37.6 Å². The quantitative estimate of drug-likeness (QED) is 0.875. The van der Waals surface area contributed by atoms with Gasteiger partial charge in [0.2, 0.25) is 0 Å². The van der Waals surface area contributed by atoms with E-state index in [-0.39, 0.29) is 0 Å². The molecule has 0 spiro atoms. The highest BCUT2D eigenvalue weighted by Crippen LogP contribution is 2.43. The molecule has 2 heterocycles. The maximum absolute atomic E-state index is 6.35. The number of hydrogen-bond donors (Lipinski definition) is 1. The van der Waals surface area contributed by atoms with Crippen molar-refractivity contribution in [3.05, 3.63) is 35.9 Å². The van der Waals surface area contributed by atoms with Crippen LogP contribution in [0.15, 0.2) is 30.3 Å². The summed E-state index contributed by atoms with van der Waals surface area (Å²) in [6.07, 6.45) is 2.87. The van der Waals surface area contributed by atoms with Gasteiger partial charge in [0.15, 0.2) is 0 Å². The van der Waals surface area contributed by atoms with E-state index in [9.17, 15) is 0 Å². The van der Waals surface area contributed by atoms with Crippen molar-refractivity contribution >= 4 is 0 Å². The van der Waals surface area contributed by atoms with Crippen LogP contribution in [0.5, 0.6) is 0 Å². The maximum Gasteiger partial charge on any atom is 0.0788 e. The normalized spacial score (nSPS) is 39.2. The summed E-state index contributed by atoms with van der Waals surface area (Å²) in [5.41, 5.74) is 7.82. The average Bonchev–Trinajstić information content (AvgIpc) is 2.42. The molecule has 1 saturated carbocycles. The Hall–Kier alpha value is -0.900. The molecule has 3 fully saturated rings. The Kier molecular flexibility index (Phi) is 2.87. The molecule has 0 radical (unpaired) electrons. The highest BCUT2D eigenvalue weighted by molar-refractivity contribution is 5.24. The van der Waals surface area contributed by atoms with Crippen LogP contribution in [0.3, 0.4) is 0 Å². The van der Waals surface area contributed by atoms with E-state index >= 15 is 0 Å². The summed E-state index contributed by atoms with van der Waals surface area (Å²) >= 11 is 0. The molecule has 4 rings (SSSR count). The molecule has 3 heteroatoms. The van der Waals surface area contributed by atoms with Crippen molar-refractivity contribution < 1.29 is 4.74 Å². The van der Waals surface area contributed by atoms with Crippen molar-refractivity contribution in [2.45, 2.75) is 36.9 Å². The van der Waals surface area contributed by atoms with Crippen LogP contribution in [0.25, 0.3) is 0 Å². The third-order valence-corrected chi connectivity index (χ3v) is 5.24. The Morgan fingerprint density at radius 2 is 1.95 bits per heavy atom. The summed E-state index contributed by atoms with van der Waals surface area (Å²) in [6.45, 7) is 3.23. The molecule has 4 unspecified atom stereocenters. The minimum atomic E-state index is 0.335. The van der Waals surface area contributed by atoms with Crippen molar-refractivity contribution in [1.29, 1.82) is 0 Å². The fourth-order valence-electron chi connectivity index (χ4n) is 4.06. The fraction of sp³-hybridized carbons (Fsp3) is 0.625. The number of benzene rings is 1. The van der Waals surface area contributed by atoms with Gasteiger partial charge in [-0.05, 0) is 18.4 Å². The second-order valence-corrected chi connectivity index (χ2v) is 6.27. The Morgan fingerprint density at radius 3 is 2.74 bits per heavy atom. The zero-order valence-electron chi connectivity index (χ0n) is 11.2. The third-order valence-electron chi connectivity index (χ3n) is 5.24. The van der Waals surface area contributed by atoms with Crippen LogP contribution in [0.2, 0.25) is 0 Å². The SMILES string of the molecule is NC1C2CCCOC2C1N1CC(c2ccccc2)C1. The van der Waals surface area contributed by atoms with Gasteiger partial charge in [0.05, 0.1) is 12.1 Å². The summed E-state index contributed by atoms with van der Waals surface area (Å²) in [5, 5.41) is 0. The highest BCUT2D eigenvalue weighted by atomic mass is 16.5. The number of nitrogens with two attached hydrogens (primary N) is 1. The third kappa shape index (κ3) is 1.83. The summed E-state index contributed by atoms with van der Waals surface area (Å²) in [6, 6.07) is 11.6. The molecule has 3 aliphatic rings. The number of ether oxygens (including phenoxy) is 1. The summed E-state index contributed by atoms with van der Waals surface area (Å²) in [4.78, 5) is 2.54. The standard InChI is InChI=1S/C16H22N2O/c17-14-13-7-4-8-19-16(13)15(14)18-9-12(10-18)11-5-2-1-3-6-11/h1-3,5-6,12-16H,4,7-10,17H2. The minimum Gasteiger partial charge on any atom is -0.376 e. The van der Waals surface area contributed by atoms with Gasteiger partial charge in [-0.3, -0.25) is 4.90 Å². The fourth-order valence-corrected chi connectivity index (χ4v) is 4.06. The average molecular weight is 258 g/mol. The van der Waals surface area contributed by atoms with Gasteiger partial charge < -0.3 is 10.5 Å². The van der Waals surface area contributed by atoms with Crippen LogP contribution in [0.1, 0.15) is 24.3 Å². The van der Waals surface area contributed by atoms with Crippen molar-refractivity contribution in [2.24, 2.45) is 11.7 Å². The second-order valence-electron chi connectivity index (χ2n) is 6.27. The van der Waals surface area contributed by atoms with Crippen LogP contribution in [0.4, 0.5) is 0 Å². The molecule has 102 valence electrons. The summed E-state index contributed by atoms with van der Waals surface area (Å²) < 4.78 is 5.94. The van der Waals surface area contributed by atoms with Crippen molar-refractivity contribution in [1.82, 2.24) is 4.90 Å². The molecule has 3 nitrogen and oxygen atoms in total. The van der Waals surface area contributed by atoms with E-state index in [1.54, 1.807) is 0 Å². The zero-order chi connectivity index (χ0) is 12.8. The van der Waals surface area contributed by atoms with E-state index in [0.717, 1.165) is 19.7 Å². The molecule has 1 aromatic carbocycles. The van der Waals surface area contributed by atoms with Gasteiger partial charge >= 0.3 is 0 Å². The molecule has 2 saturated heterocycles. The smallest absolute Gasteiger partial charge is 0.0788 e. The number of rotatable bonds is 2. The molecule has 0 aromatic heterocycles. The van der Waals surface area contributed by atoms with Gasteiger partial charge in [0.25, 0.3) is 0 Å². The van der Waals surface area contributed by atoms with Gasteiger partial charge in [0.1, 0.15) is 0 Å². The van der Waals surface area contributed by atoms with Gasteiger partial charge in [-0.2, -0.15) is 0 Å². The molecule has 2 aliphatic heterocycles. The lowest BCUT2D eigenvalue weighted by atomic mass is 9.66. The molecule has 0 amide bonds. The summed E-state index contributed by atoms with van der Waals surface area (Å²) in [7, 11) is 0. The van der Waals surface area contributed by atoms with E-state index in [0.29, 0.717) is 30.0 Å². The van der Waals surface area contributed by atoms with Crippen LogP contribution < -0.4 is 5.73 Å². The topological polar surface area (TPSA) is 38.5 Å². The van der Waals surface area contributed by atoms with E-state index in [1.165, 1.54) is 18.4 Å². The Morgan fingerprint density at radius 1 is 1.16 bits per heavy atom. The first kappa shape index (κ1) is 11.9. The van der Waals surface area contributed by atoms with E-state index in [1.807, 2.05) is 0 Å². The van der Waals surface area contributed by atoms with Crippen LogP contribution >= 0.6 is 0 Å². The Bertz CT molecular complexity index is 443. The predicted octanol–water partition coefficient (Wildman–Crippen LogP) is 1.59. The van der Waals surface area contributed by atoms with Crippen LogP contribution in [-0.2, 0) is 4.74 Å². The van der Waals surface area contributed by atoms with E-state index in [4.69, 9.17) is 10.5 Å². The van der Waals surface area contributed by atoms with Crippen molar-refractivity contribution in [3.8, 4) is 0 Å². The number of likely N-dealkylation sites (tertiary alicyclic amines) is 1. The maximum atomic E-state index is 6.35. The van der Waals surface area contributed by atoms with E-state index in [2.05, 4.69) is 35.2 Å². The second kappa shape index (κ2) is 4.58. The van der Waals surface area contributed by atoms with Crippen LogP contribution in [0, 0.1) is 5.92 Å².